The summed E-state index contributed by atoms with van der Waals surface area (Å²) in [6, 6.07) is 34.6. The van der Waals surface area contributed by atoms with E-state index in [1.807, 2.05) is 101 Å². The van der Waals surface area contributed by atoms with Gasteiger partial charge < -0.3 is 23.7 Å². The summed E-state index contributed by atoms with van der Waals surface area (Å²) < 4.78 is 34.6. The predicted molar refractivity (Wildman–Crippen MR) is 201 cm³/mol. The zero-order valence-electron chi connectivity index (χ0n) is 29.8. The summed E-state index contributed by atoms with van der Waals surface area (Å²) in [6.45, 7) is 12.0. The molecule has 4 aromatic carbocycles. The van der Waals surface area contributed by atoms with Gasteiger partial charge in [-0.1, -0.05) is 48.5 Å². The Morgan fingerprint density at radius 1 is 0.647 bits per heavy atom. The number of benzene rings is 4. The highest BCUT2D eigenvalue weighted by Crippen LogP contribution is 2.41. The third-order valence-corrected chi connectivity index (χ3v) is 8.36. The largest absolute Gasteiger partial charge is 0.457 e. The van der Waals surface area contributed by atoms with Crippen molar-refractivity contribution < 1.29 is 23.7 Å². The molecule has 0 aliphatic carbocycles. The maximum absolute atomic E-state index is 6.61. The standard InChI is InChI=1S/C42H42N4O5/c1-27(2)47-25-49-41-40(31-12-8-7-9-13-31)42(50-26-48-28(3)4)46(44-41)32-20-30(6)21-34(23-32)51-33-16-17-36-35-14-10-11-15-37(35)45(38(36)24-33)39-22-29(5)18-19-43-39/h7-24,27-28H,25-26H2,1-6H3. The second-order valence-corrected chi connectivity index (χ2v) is 13.0. The minimum absolute atomic E-state index is 0.00700. The fourth-order valence-electron chi connectivity index (χ4n) is 6.05. The Morgan fingerprint density at radius 2 is 1.37 bits per heavy atom. The van der Waals surface area contributed by atoms with Crippen molar-refractivity contribution >= 4 is 21.8 Å². The van der Waals surface area contributed by atoms with Gasteiger partial charge in [0.2, 0.25) is 11.8 Å². The molecule has 9 heteroatoms. The third-order valence-electron chi connectivity index (χ3n) is 8.36. The van der Waals surface area contributed by atoms with Crippen molar-refractivity contribution in [2.75, 3.05) is 13.6 Å². The van der Waals surface area contributed by atoms with E-state index in [9.17, 15) is 0 Å². The number of fused-ring (bicyclic) bond motifs is 3. The van der Waals surface area contributed by atoms with Crippen molar-refractivity contribution in [2.24, 2.45) is 0 Å². The lowest BCUT2D eigenvalue weighted by Crippen LogP contribution is -2.12. The molecule has 9 nitrogen and oxygen atoms in total. The maximum Gasteiger partial charge on any atom is 0.247 e. The van der Waals surface area contributed by atoms with Crippen LogP contribution >= 0.6 is 0 Å². The zero-order valence-corrected chi connectivity index (χ0v) is 29.8. The van der Waals surface area contributed by atoms with Crippen molar-refractivity contribution in [1.29, 1.82) is 0 Å². The summed E-state index contributed by atoms with van der Waals surface area (Å²) in [7, 11) is 0. The van der Waals surface area contributed by atoms with E-state index < -0.39 is 0 Å². The van der Waals surface area contributed by atoms with Crippen molar-refractivity contribution in [3.05, 3.63) is 120 Å². The van der Waals surface area contributed by atoms with Crippen LogP contribution in [0.25, 0.3) is 44.4 Å². The summed E-state index contributed by atoms with van der Waals surface area (Å²) in [5.41, 5.74) is 6.53. The van der Waals surface area contributed by atoms with Gasteiger partial charge in [-0.2, -0.15) is 4.68 Å². The molecule has 0 bridgehead atoms. The lowest BCUT2D eigenvalue weighted by molar-refractivity contribution is -0.0229. The van der Waals surface area contributed by atoms with Gasteiger partial charge in [-0.05, 0) is 101 Å². The number of hydrogen-bond acceptors (Lipinski definition) is 7. The Morgan fingerprint density at radius 3 is 2.14 bits per heavy atom. The quantitative estimate of drug-likeness (QED) is 0.112. The Bertz CT molecular complexity index is 2290. The molecule has 3 heterocycles. The van der Waals surface area contributed by atoms with Crippen LogP contribution in [0.1, 0.15) is 38.8 Å². The fraction of sp³-hybridized carbons (Fsp3) is 0.238. The van der Waals surface area contributed by atoms with Crippen LogP contribution in [0.4, 0.5) is 0 Å². The highest BCUT2D eigenvalue weighted by molar-refractivity contribution is 6.09. The SMILES string of the molecule is Cc1cc(Oc2ccc3c4ccccc4n(-c4cc(C)ccn4)c3c2)cc(-n2nc(OCOC(C)C)c(-c3ccccc3)c2OCOC(C)C)c1. The molecule has 0 aliphatic rings. The Kier molecular flexibility index (Phi) is 9.74. The molecule has 0 radical (unpaired) electrons. The molecule has 0 amide bonds. The van der Waals surface area contributed by atoms with Crippen molar-refractivity contribution in [2.45, 2.75) is 53.8 Å². The van der Waals surface area contributed by atoms with Crippen LogP contribution in [-0.2, 0) is 9.47 Å². The van der Waals surface area contributed by atoms with Gasteiger partial charge in [-0.25, -0.2) is 4.98 Å². The summed E-state index contributed by atoms with van der Waals surface area (Å²) in [5.74, 6) is 3.06. The van der Waals surface area contributed by atoms with E-state index >= 15 is 0 Å². The van der Waals surface area contributed by atoms with Crippen LogP contribution in [0.2, 0.25) is 0 Å². The van der Waals surface area contributed by atoms with Crippen LogP contribution in [0.5, 0.6) is 23.3 Å². The first-order valence-electron chi connectivity index (χ1n) is 17.2. The van der Waals surface area contributed by atoms with Crippen LogP contribution in [-0.4, -0.2) is 45.1 Å². The monoisotopic (exact) mass is 682 g/mol. The summed E-state index contributed by atoms with van der Waals surface area (Å²) >= 11 is 0. The minimum atomic E-state index is -0.0200. The summed E-state index contributed by atoms with van der Waals surface area (Å²) in [6.07, 6.45) is 1.82. The molecule has 3 aromatic heterocycles. The average Bonchev–Trinajstić information content (AvgIpc) is 3.63. The van der Waals surface area contributed by atoms with Gasteiger partial charge in [0, 0.05) is 29.1 Å². The van der Waals surface area contributed by atoms with Crippen LogP contribution < -0.4 is 14.2 Å². The molecule has 0 saturated carbocycles. The van der Waals surface area contributed by atoms with Crippen LogP contribution in [0.3, 0.4) is 0 Å². The second kappa shape index (κ2) is 14.7. The first-order valence-corrected chi connectivity index (χ1v) is 17.2. The average molecular weight is 683 g/mol. The molecule has 0 N–H and O–H groups in total. The first kappa shape index (κ1) is 33.8. The van der Waals surface area contributed by atoms with Crippen molar-refractivity contribution in [3.8, 4) is 45.9 Å². The number of aryl methyl sites for hydroxylation is 2. The zero-order chi connectivity index (χ0) is 35.5. The lowest BCUT2D eigenvalue weighted by Gasteiger charge is -2.15. The number of pyridine rings is 1. The fourth-order valence-corrected chi connectivity index (χ4v) is 6.05. The smallest absolute Gasteiger partial charge is 0.247 e. The van der Waals surface area contributed by atoms with Gasteiger partial charge in [0.05, 0.1) is 28.9 Å². The number of aromatic nitrogens is 4. The normalized spacial score (nSPS) is 11.6. The molecule has 0 saturated heterocycles. The van der Waals surface area contributed by atoms with Gasteiger partial charge in [-0.15, -0.1) is 5.10 Å². The predicted octanol–water partition coefficient (Wildman–Crippen LogP) is 9.96. The molecule has 0 fully saturated rings. The van der Waals surface area contributed by atoms with Gasteiger partial charge in [-0.3, -0.25) is 4.57 Å². The van der Waals surface area contributed by atoms with Gasteiger partial charge in [0.25, 0.3) is 0 Å². The molecule has 7 aromatic rings. The van der Waals surface area contributed by atoms with Crippen LogP contribution in [0.15, 0.2) is 109 Å². The molecule has 260 valence electrons. The second-order valence-electron chi connectivity index (χ2n) is 13.0. The number of hydrogen-bond donors (Lipinski definition) is 0. The molecule has 0 spiro atoms. The molecule has 0 unspecified atom stereocenters. The summed E-state index contributed by atoms with van der Waals surface area (Å²) in [4.78, 5) is 4.72. The lowest BCUT2D eigenvalue weighted by atomic mass is 10.1. The summed E-state index contributed by atoms with van der Waals surface area (Å²) in [5, 5.41) is 7.20. The molecular formula is C42H42N4O5. The van der Waals surface area contributed by atoms with E-state index in [1.165, 1.54) is 0 Å². The van der Waals surface area contributed by atoms with Crippen molar-refractivity contribution in [1.82, 2.24) is 19.3 Å². The molecular weight excluding hydrogens is 640 g/mol. The molecule has 7 rings (SSSR count). The molecule has 0 atom stereocenters. The maximum atomic E-state index is 6.61. The highest BCUT2D eigenvalue weighted by Gasteiger charge is 2.25. The van der Waals surface area contributed by atoms with E-state index in [0.717, 1.165) is 50.0 Å². The van der Waals surface area contributed by atoms with Crippen molar-refractivity contribution in [3.63, 3.8) is 0 Å². The number of ether oxygens (including phenoxy) is 5. The van der Waals surface area contributed by atoms with Crippen LogP contribution in [0, 0.1) is 13.8 Å². The molecule has 0 aliphatic heterocycles. The Balaban J connectivity index is 1.31. The van der Waals surface area contributed by atoms with E-state index in [1.54, 1.807) is 4.68 Å². The number of rotatable bonds is 13. The minimum Gasteiger partial charge on any atom is -0.457 e. The Labute approximate surface area is 297 Å². The number of nitrogens with zero attached hydrogens (tertiary/aromatic N) is 4. The molecule has 51 heavy (non-hydrogen) atoms. The third kappa shape index (κ3) is 7.31. The van der Waals surface area contributed by atoms with E-state index in [2.05, 4.69) is 54.0 Å². The van der Waals surface area contributed by atoms with E-state index in [4.69, 9.17) is 33.8 Å². The van der Waals surface area contributed by atoms with Gasteiger partial charge in [0.1, 0.15) is 22.9 Å². The highest BCUT2D eigenvalue weighted by atomic mass is 16.7. The van der Waals surface area contributed by atoms with E-state index in [-0.39, 0.29) is 25.8 Å². The number of para-hydroxylation sites is 1. The van der Waals surface area contributed by atoms with Gasteiger partial charge >= 0.3 is 0 Å². The first-order chi connectivity index (χ1) is 24.7. The topological polar surface area (TPSA) is 81.8 Å². The Hall–Kier alpha value is -5.64. The van der Waals surface area contributed by atoms with Gasteiger partial charge in [0.15, 0.2) is 13.6 Å². The van der Waals surface area contributed by atoms with E-state index in [0.29, 0.717) is 28.8 Å².